The minimum absolute atomic E-state index is 0.234. The van der Waals surface area contributed by atoms with Crippen molar-refractivity contribution in [2.45, 2.75) is 19.1 Å². The molecule has 0 fully saturated rings. The molecule has 0 spiro atoms. The highest BCUT2D eigenvalue weighted by atomic mass is 16.3. The SMILES string of the molecule is C#C[C@H](O)[C@@H](/C=C/c1ccccc1)NC(C)=O. The number of aliphatic hydroxyl groups excluding tert-OH is 1. The summed E-state index contributed by atoms with van der Waals surface area (Å²) in [5.41, 5.74) is 0.979. The van der Waals surface area contributed by atoms with Crippen molar-refractivity contribution in [1.29, 1.82) is 0 Å². The van der Waals surface area contributed by atoms with Gasteiger partial charge in [0.2, 0.25) is 5.91 Å². The topological polar surface area (TPSA) is 49.3 Å². The smallest absolute Gasteiger partial charge is 0.217 e. The molecular formula is C14H15NO2. The second-order valence-corrected chi connectivity index (χ2v) is 3.61. The lowest BCUT2D eigenvalue weighted by Gasteiger charge is -2.15. The molecule has 2 N–H and O–H groups in total. The van der Waals surface area contributed by atoms with Crippen LogP contribution in [0.3, 0.4) is 0 Å². The third kappa shape index (κ3) is 4.54. The minimum Gasteiger partial charge on any atom is -0.378 e. The molecule has 0 aliphatic heterocycles. The number of rotatable bonds is 4. The van der Waals surface area contributed by atoms with Crippen molar-refractivity contribution in [2.75, 3.05) is 0 Å². The van der Waals surface area contributed by atoms with Crippen LogP contribution in [0, 0.1) is 12.3 Å². The van der Waals surface area contributed by atoms with Gasteiger partial charge in [0.15, 0.2) is 0 Å². The Morgan fingerprint density at radius 2 is 2.12 bits per heavy atom. The highest BCUT2D eigenvalue weighted by Gasteiger charge is 2.14. The average Bonchev–Trinajstić information content (AvgIpc) is 2.34. The van der Waals surface area contributed by atoms with Gasteiger partial charge in [0.1, 0.15) is 6.10 Å². The maximum atomic E-state index is 11.0. The maximum Gasteiger partial charge on any atom is 0.217 e. The quantitative estimate of drug-likeness (QED) is 0.762. The molecule has 1 aromatic carbocycles. The van der Waals surface area contributed by atoms with Crippen LogP contribution in [-0.2, 0) is 4.79 Å². The van der Waals surface area contributed by atoms with E-state index >= 15 is 0 Å². The molecule has 0 radical (unpaired) electrons. The third-order valence-corrected chi connectivity index (χ3v) is 2.18. The molecular weight excluding hydrogens is 214 g/mol. The van der Waals surface area contributed by atoms with Crippen LogP contribution in [0.1, 0.15) is 12.5 Å². The largest absolute Gasteiger partial charge is 0.378 e. The number of hydrogen-bond acceptors (Lipinski definition) is 2. The Kier molecular flexibility index (Phi) is 4.99. The predicted molar refractivity (Wildman–Crippen MR) is 67.9 cm³/mol. The molecule has 0 aromatic heterocycles. The van der Waals surface area contributed by atoms with E-state index in [0.717, 1.165) is 5.56 Å². The van der Waals surface area contributed by atoms with E-state index in [-0.39, 0.29) is 5.91 Å². The first-order valence-corrected chi connectivity index (χ1v) is 5.28. The Balaban J connectivity index is 2.76. The van der Waals surface area contributed by atoms with Gasteiger partial charge in [-0.05, 0) is 5.56 Å². The molecule has 0 aliphatic carbocycles. The Bertz CT molecular complexity index is 431. The first-order chi connectivity index (χ1) is 8.13. The summed E-state index contributed by atoms with van der Waals surface area (Å²) >= 11 is 0. The normalized spacial score (nSPS) is 13.9. The first-order valence-electron chi connectivity index (χ1n) is 5.28. The fraction of sp³-hybridized carbons (Fsp3) is 0.214. The van der Waals surface area contributed by atoms with Gasteiger partial charge in [-0.1, -0.05) is 48.4 Å². The molecule has 1 aromatic rings. The zero-order valence-electron chi connectivity index (χ0n) is 9.63. The lowest BCUT2D eigenvalue weighted by Crippen LogP contribution is -2.40. The summed E-state index contributed by atoms with van der Waals surface area (Å²) in [4.78, 5) is 11.0. The predicted octanol–water partition coefficient (Wildman–Crippen LogP) is 1.20. The number of nitrogens with one attached hydrogen (secondary N) is 1. The summed E-state index contributed by atoms with van der Waals surface area (Å²) in [5, 5.41) is 12.1. The molecule has 0 bridgehead atoms. The van der Waals surface area contributed by atoms with Crippen LogP contribution >= 0.6 is 0 Å². The van der Waals surface area contributed by atoms with E-state index in [4.69, 9.17) is 6.42 Å². The number of carbonyl (C=O) groups is 1. The van der Waals surface area contributed by atoms with Gasteiger partial charge in [0.05, 0.1) is 6.04 Å². The zero-order valence-corrected chi connectivity index (χ0v) is 9.63. The van der Waals surface area contributed by atoms with Crippen LogP contribution in [0.25, 0.3) is 6.08 Å². The van der Waals surface area contributed by atoms with Gasteiger partial charge in [-0.25, -0.2) is 0 Å². The molecule has 88 valence electrons. The summed E-state index contributed by atoms with van der Waals surface area (Å²) < 4.78 is 0. The summed E-state index contributed by atoms with van der Waals surface area (Å²) in [7, 11) is 0. The highest BCUT2D eigenvalue weighted by molar-refractivity contribution is 5.74. The number of terminal acetylenes is 1. The van der Waals surface area contributed by atoms with Crippen molar-refractivity contribution in [1.82, 2.24) is 5.32 Å². The first kappa shape index (κ1) is 13.0. The molecule has 0 unspecified atom stereocenters. The lowest BCUT2D eigenvalue weighted by molar-refractivity contribution is -0.119. The van der Waals surface area contributed by atoms with Crippen LogP contribution in [0.15, 0.2) is 36.4 Å². The fourth-order valence-corrected chi connectivity index (χ4v) is 1.35. The fourth-order valence-electron chi connectivity index (χ4n) is 1.35. The number of amides is 1. The molecule has 1 amide bonds. The van der Waals surface area contributed by atoms with E-state index in [1.807, 2.05) is 30.3 Å². The van der Waals surface area contributed by atoms with Crippen LogP contribution in [0.4, 0.5) is 0 Å². The van der Waals surface area contributed by atoms with Gasteiger partial charge < -0.3 is 10.4 Å². The number of benzene rings is 1. The van der Waals surface area contributed by atoms with E-state index in [0.29, 0.717) is 0 Å². The van der Waals surface area contributed by atoms with Crippen LogP contribution in [0.5, 0.6) is 0 Å². The second-order valence-electron chi connectivity index (χ2n) is 3.61. The van der Waals surface area contributed by atoms with E-state index in [1.165, 1.54) is 6.92 Å². The molecule has 3 nitrogen and oxygen atoms in total. The lowest BCUT2D eigenvalue weighted by atomic mass is 10.1. The standard InChI is InChI=1S/C14H15NO2/c1-3-14(17)13(15-11(2)16)10-9-12-7-5-4-6-8-12/h1,4-10,13-14,17H,2H3,(H,15,16)/b10-9+/t13-,14+/m1/s1. The van der Waals surface area contributed by atoms with Crippen molar-refractivity contribution in [3.8, 4) is 12.3 Å². The second kappa shape index (κ2) is 6.51. The van der Waals surface area contributed by atoms with Crippen molar-refractivity contribution < 1.29 is 9.90 Å². The Morgan fingerprint density at radius 1 is 1.47 bits per heavy atom. The maximum absolute atomic E-state index is 11.0. The zero-order chi connectivity index (χ0) is 12.7. The molecule has 0 heterocycles. The van der Waals surface area contributed by atoms with E-state index in [9.17, 15) is 9.90 Å². The van der Waals surface area contributed by atoms with Crippen LogP contribution in [-0.4, -0.2) is 23.2 Å². The minimum atomic E-state index is -1.03. The van der Waals surface area contributed by atoms with Gasteiger partial charge in [0.25, 0.3) is 0 Å². The molecule has 3 heteroatoms. The highest BCUT2D eigenvalue weighted by Crippen LogP contribution is 2.04. The molecule has 17 heavy (non-hydrogen) atoms. The van der Waals surface area contributed by atoms with Crippen LogP contribution < -0.4 is 5.32 Å². The Hall–Kier alpha value is -2.05. The van der Waals surface area contributed by atoms with E-state index < -0.39 is 12.1 Å². The van der Waals surface area contributed by atoms with Crippen molar-refractivity contribution >= 4 is 12.0 Å². The molecule has 1 rings (SSSR count). The summed E-state index contributed by atoms with van der Waals surface area (Å²) in [6, 6.07) is 9.00. The Morgan fingerprint density at radius 3 is 2.65 bits per heavy atom. The summed E-state index contributed by atoms with van der Waals surface area (Å²) in [6.07, 6.45) is 7.59. The van der Waals surface area contributed by atoms with E-state index in [1.54, 1.807) is 12.2 Å². The van der Waals surface area contributed by atoms with Gasteiger partial charge in [-0.3, -0.25) is 4.79 Å². The molecule has 0 saturated carbocycles. The summed E-state index contributed by atoms with van der Waals surface area (Å²) in [5.74, 6) is 1.96. The molecule has 0 aliphatic rings. The van der Waals surface area contributed by atoms with Gasteiger partial charge in [-0.15, -0.1) is 6.42 Å². The number of aliphatic hydroxyl groups is 1. The average molecular weight is 229 g/mol. The van der Waals surface area contributed by atoms with E-state index in [2.05, 4.69) is 11.2 Å². The monoisotopic (exact) mass is 229 g/mol. The van der Waals surface area contributed by atoms with Crippen molar-refractivity contribution in [2.24, 2.45) is 0 Å². The van der Waals surface area contributed by atoms with Gasteiger partial charge in [0, 0.05) is 6.92 Å². The van der Waals surface area contributed by atoms with Gasteiger partial charge in [-0.2, -0.15) is 0 Å². The van der Waals surface area contributed by atoms with Crippen molar-refractivity contribution in [3.63, 3.8) is 0 Å². The van der Waals surface area contributed by atoms with Crippen molar-refractivity contribution in [3.05, 3.63) is 42.0 Å². The molecule has 0 saturated heterocycles. The molecule has 2 atom stereocenters. The third-order valence-electron chi connectivity index (χ3n) is 2.18. The summed E-state index contributed by atoms with van der Waals surface area (Å²) in [6.45, 7) is 1.38. The number of carbonyl (C=O) groups excluding carboxylic acids is 1. The van der Waals surface area contributed by atoms with Crippen LogP contribution in [0.2, 0.25) is 0 Å². The van der Waals surface area contributed by atoms with Gasteiger partial charge >= 0.3 is 0 Å². The Labute approximate surface area is 101 Å². The number of hydrogen-bond donors (Lipinski definition) is 2.